The largest absolute Gasteiger partial charge is 0.339 e. The summed E-state index contributed by atoms with van der Waals surface area (Å²) in [5.41, 5.74) is 0.319. The summed E-state index contributed by atoms with van der Waals surface area (Å²) in [6.45, 7) is 4.26. The van der Waals surface area contributed by atoms with Gasteiger partial charge in [0.2, 0.25) is 5.91 Å². The van der Waals surface area contributed by atoms with E-state index in [9.17, 15) is 29.3 Å². The number of nitro groups is 1. The van der Waals surface area contributed by atoms with E-state index in [-0.39, 0.29) is 22.7 Å². The number of carbonyl (C=O) groups is 4. The first-order chi connectivity index (χ1) is 14.8. The summed E-state index contributed by atoms with van der Waals surface area (Å²) < 4.78 is 0. The fourth-order valence-electron chi connectivity index (χ4n) is 3.30. The van der Waals surface area contributed by atoms with E-state index < -0.39 is 29.2 Å². The van der Waals surface area contributed by atoms with Crippen molar-refractivity contribution in [3.63, 3.8) is 0 Å². The minimum Gasteiger partial charge on any atom is -0.339 e. The minimum atomic E-state index is -0.774. The quantitative estimate of drug-likeness (QED) is 0.412. The lowest BCUT2D eigenvalue weighted by molar-refractivity contribution is -0.384. The first-order valence-electron chi connectivity index (χ1n) is 9.60. The predicted octanol–water partition coefficient (Wildman–Crippen LogP) is 2.31. The van der Waals surface area contributed by atoms with E-state index in [1.807, 2.05) is 13.8 Å². The normalized spacial score (nSPS) is 12.5. The molecule has 4 amide bonds. The Bertz CT molecular complexity index is 1090. The number of nitrogens with zero attached hydrogens (tertiary/aromatic N) is 3. The van der Waals surface area contributed by atoms with Crippen molar-refractivity contribution in [3.05, 3.63) is 69.3 Å². The summed E-state index contributed by atoms with van der Waals surface area (Å²) in [6, 6.07) is 9.71. The molecule has 0 spiro atoms. The molecular formula is C21H20N4O6. The van der Waals surface area contributed by atoms with Gasteiger partial charge in [0, 0.05) is 36.5 Å². The Kier molecular flexibility index (Phi) is 6.10. The summed E-state index contributed by atoms with van der Waals surface area (Å²) in [4.78, 5) is 62.5. The van der Waals surface area contributed by atoms with Crippen molar-refractivity contribution in [1.29, 1.82) is 0 Å². The van der Waals surface area contributed by atoms with E-state index >= 15 is 0 Å². The fraction of sp³-hybridized carbons (Fsp3) is 0.238. The standard InChI is InChI=1S/C21H20N4O6/c1-3-23(4-2)19(27)13-6-5-7-14(10-13)22-18(26)12-24-20(28)16-9-8-15(25(30)31)11-17(16)21(24)29/h5-11H,3-4,12H2,1-2H3,(H,22,26). The third-order valence-corrected chi connectivity index (χ3v) is 4.91. The molecule has 0 radical (unpaired) electrons. The number of non-ortho nitro benzene ring substituents is 1. The lowest BCUT2D eigenvalue weighted by Gasteiger charge is -2.19. The van der Waals surface area contributed by atoms with Crippen LogP contribution in [-0.2, 0) is 4.79 Å². The second kappa shape index (κ2) is 8.74. The number of rotatable bonds is 7. The maximum Gasteiger partial charge on any atom is 0.270 e. The number of hydrogen-bond acceptors (Lipinski definition) is 6. The van der Waals surface area contributed by atoms with E-state index in [0.29, 0.717) is 24.3 Å². The van der Waals surface area contributed by atoms with Crippen molar-refractivity contribution >= 4 is 35.0 Å². The molecule has 0 saturated heterocycles. The molecule has 0 bridgehead atoms. The zero-order valence-electron chi connectivity index (χ0n) is 17.0. The van der Waals surface area contributed by atoms with E-state index in [4.69, 9.17) is 0 Å². The second-order valence-corrected chi connectivity index (χ2v) is 6.79. The molecule has 10 nitrogen and oxygen atoms in total. The molecule has 160 valence electrons. The van der Waals surface area contributed by atoms with Gasteiger partial charge in [0.25, 0.3) is 23.4 Å². The van der Waals surface area contributed by atoms with Gasteiger partial charge in [0.05, 0.1) is 16.1 Å². The molecule has 2 aromatic rings. The summed E-state index contributed by atoms with van der Waals surface area (Å²) in [5.74, 6) is -2.29. The van der Waals surface area contributed by atoms with Gasteiger partial charge in [-0.2, -0.15) is 0 Å². The Morgan fingerprint density at radius 2 is 1.71 bits per heavy atom. The predicted molar refractivity (Wildman–Crippen MR) is 111 cm³/mol. The number of nitro benzene ring substituents is 1. The number of anilines is 1. The van der Waals surface area contributed by atoms with Gasteiger partial charge < -0.3 is 10.2 Å². The van der Waals surface area contributed by atoms with Crippen molar-refractivity contribution in [2.45, 2.75) is 13.8 Å². The SMILES string of the molecule is CCN(CC)C(=O)c1cccc(NC(=O)CN2C(=O)c3ccc([N+](=O)[O-])cc3C2=O)c1. The number of fused-ring (bicyclic) bond motifs is 1. The zero-order chi connectivity index (χ0) is 22.7. The number of amides is 4. The van der Waals surface area contributed by atoms with Gasteiger partial charge in [0.1, 0.15) is 6.54 Å². The van der Waals surface area contributed by atoms with Gasteiger partial charge in [-0.1, -0.05) is 6.07 Å². The van der Waals surface area contributed by atoms with Gasteiger partial charge in [-0.15, -0.1) is 0 Å². The summed E-state index contributed by atoms with van der Waals surface area (Å²) in [5, 5.41) is 13.5. The average Bonchev–Trinajstić information content (AvgIpc) is 2.99. The molecule has 0 atom stereocenters. The molecule has 10 heteroatoms. The van der Waals surface area contributed by atoms with Gasteiger partial charge >= 0.3 is 0 Å². The number of carbonyl (C=O) groups excluding carboxylic acids is 4. The molecule has 3 rings (SSSR count). The highest BCUT2D eigenvalue weighted by Gasteiger charge is 2.37. The summed E-state index contributed by atoms with van der Waals surface area (Å²) in [7, 11) is 0. The summed E-state index contributed by atoms with van der Waals surface area (Å²) in [6.07, 6.45) is 0. The molecule has 0 unspecified atom stereocenters. The highest BCUT2D eigenvalue weighted by atomic mass is 16.6. The van der Waals surface area contributed by atoms with Gasteiger partial charge in [-0.05, 0) is 38.1 Å². The molecular weight excluding hydrogens is 404 g/mol. The Hall–Kier alpha value is -4.08. The highest BCUT2D eigenvalue weighted by molar-refractivity contribution is 6.23. The van der Waals surface area contributed by atoms with Gasteiger partial charge in [-0.3, -0.25) is 34.2 Å². The third kappa shape index (κ3) is 4.27. The Balaban J connectivity index is 1.72. The lowest BCUT2D eigenvalue weighted by atomic mass is 10.1. The van der Waals surface area contributed by atoms with Gasteiger partial charge in [0.15, 0.2) is 0 Å². The van der Waals surface area contributed by atoms with Crippen LogP contribution in [0.2, 0.25) is 0 Å². The van der Waals surface area contributed by atoms with Crippen LogP contribution in [0.5, 0.6) is 0 Å². The Morgan fingerprint density at radius 3 is 2.35 bits per heavy atom. The average molecular weight is 424 g/mol. The zero-order valence-corrected chi connectivity index (χ0v) is 17.0. The molecule has 1 N–H and O–H groups in total. The fourth-order valence-corrected chi connectivity index (χ4v) is 3.30. The van der Waals surface area contributed by atoms with E-state index in [1.165, 1.54) is 12.1 Å². The molecule has 0 aromatic heterocycles. The van der Waals surface area contributed by atoms with Crippen molar-refractivity contribution in [2.75, 3.05) is 25.0 Å². The molecule has 31 heavy (non-hydrogen) atoms. The van der Waals surface area contributed by atoms with E-state index in [1.54, 1.807) is 23.1 Å². The third-order valence-electron chi connectivity index (χ3n) is 4.91. The van der Waals surface area contributed by atoms with E-state index in [2.05, 4.69) is 5.32 Å². The molecule has 2 aromatic carbocycles. The van der Waals surface area contributed by atoms with Crippen LogP contribution in [0, 0.1) is 10.1 Å². The number of imide groups is 1. The first kappa shape index (κ1) is 21.6. The molecule has 0 fully saturated rings. The smallest absolute Gasteiger partial charge is 0.270 e. The van der Waals surface area contributed by atoms with Crippen LogP contribution >= 0.6 is 0 Å². The maximum atomic E-state index is 12.5. The Labute approximate surface area is 177 Å². The van der Waals surface area contributed by atoms with Crippen LogP contribution in [0.15, 0.2) is 42.5 Å². The van der Waals surface area contributed by atoms with Crippen LogP contribution < -0.4 is 5.32 Å². The number of nitrogens with one attached hydrogen (secondary N) is 1. The van der Waals surface area contributed by atoms with Crippen LogP contribution in [-0.4, -0.2) is 58.0 Å². The van der Waals surface area contributed by atoms with Crippen LogP contribution in [0.4, 0.5) is 11.4 Å². The number of benzene rings is 2. The minimum absolute atomic E-state index is 0.00946. The maximum absolute atomic E-state index is 12.5. The Morgan fingerprint density at radius 1 is 1.03 bits per heavy atom. The van der Waals surface area contributed by atoms with Crippen molar-refractivity contribution < 1.29 is 24.1 Å². The van der Waals surface area contributed by atoms with Crippen LogP contribution in [0.3, 0.4) is 0 Å². The number of hydrogen-bond donors (Lipinski definition) is 1. The van der Waals surface area contributed by atoms with Gasteiger partial charge in [-0.25, -0.2) is 0 Å². The van der Waals surface area contributed by atoms with Crippen molar-refractivity contribution in [3.8, 4) is 0 Å². The highest BCUT2D eigenvalue weighted by Crippen LogP contribution is 2.26. The lowest BCUT2D eigenvalue weighted by Crippen LogP contribution is -2.37. The first-order valence-corrected chi connectivity index (χ1v) is 9.60. The second-order valence-electron chi connectivity index (χ2n) is 6.79. The molecule has 0 aliphatic carbocycles. The molecule has 1 heterocycles. The topological polar surface area (TPSA) is 130 Å². The monoisotopic (exact) mass is 424 g/mol. The molecule has 0 saturated carbocycles. The van der Waals surface area contributed by atoms with Crippen molar-refractivity contribution in [1.82, 2.24) is 9.80 Å². The summed E-state index contributed by atoms with van der Waals surface area (Å²) >= 11 is 0. The van der Waals surface area contributed by atoms with E-state index in [0.717, 1.165) is 17.0 Å². The van der Waals surface area contributed by atoms with Crippen molar-refractivity contribution in [2.24, 2.45) is 0 Å². The molecule has 1 aliphatic rings. The van der Waals surface area contributed by atoms with Crippen LogP contribution in [0.1, 0.15) is 44.9 Å². The molecule has 1 aliphatic heterocycles. The van der Waals surface area contributed by atoms with Crippen LogP contribution in [0.25, 0.3) is 0 Å².